The largest absolute Gasteiger partial charge is 0.339 e. The number of benzene rings is 2. The summed E-state index contributed by atoms with van der Waals surface area (Å²) < 4.78 is 5.24. The highest BCUT2D eigenvalue weighted by Gasteiger charge is 2.14. The number of fused-ring (bicyclic) bond motifs is 1. The fourth-order valence-electron chi connectivity index (χ4n) is 3.10. The molecule has 2 N–H and O–H groups in total. The van der Waals surface area contributed by atoms with Gasteiger partial charge >= 0.3 is 0 Å². The van der Waals surface area contributed by atoms with Gasteiger partial charge in [-0.3, -0.25) is 9.59 Å². The number of H-pyrrole nitrogens is 1. The van der Waals surface area contributed by atoms with Crippen molar-refractivity contribution in [3.63, 3.8) is 0 Å². The molecule has 0 atom stereocenters. The van der Waals surface area contributed by atoms with Crippen LogP contribution in [0, 0.1) is 13.8 Å². The number of pyridine rings is 1. The van der Waals surface area contributed by atoms with Crippen molar-refractivity contribution < 1.29 is 9.32 Å². The number of carbonyl (C=O) groups is 1. The van der Waals surface area contributed by atoms with Crippen LogP contribution in [0.2, 0.25) is 0 Å². The molecule has 0 aliphatic rings. The Labute approximate surface area is 166 Å². The van der Waals surface area contributed by atoms with Crippen molar-refractivity contribution in [2.75, 3.05) is 5.32 Å². The number of hydrogen-bond acceptors (Lipinski definition) is 5. The van der Waals surface area contributed by atoms with Gasteiger partial charge in [0.1, 0.15) is 0 Å². The third-order valence-corrected chi connectivity index (χ3v) is 4.69. The van der Waals surface area contributed by atoms with Gasteiger partial charge < -0.3 is 14.8 Å². The molecule has 4 aromatic rings. The lowest BCUT2D eigenvalue weighted by molar-refractivity contribution is -0.116. The van der Waals surface area contributed by atoms with E-state index in [2.05, 4.69) is 20.4 Å². The first kappa shape index (κ1) is 18.6. The molecule has 0 spiro atoms. The molecule has 4 rings (SSSR count). The second-order valence-electron chi connectivity index (χ2n) is 6.98. The molecule has 0 aliphatic heterocycles. The monoisotopic (exact) mass is 388 g/mol. The lowest BCUT2D eigenvalue weighted by Gasteiger charge is -2.06. The lowest BCUT2D eigenvalue weighted by Crippen LogP contribution is -2.13. The van der Waals surface area contributed by atoms with E-state index in [0.717, 1.165) is 27.7 Å². The maximum absolute atomic E-state index is 12.4. The fourth-order valence-corrected chi connectivity index (χ4v) is 3.10. The van der Waals surface area contributed by atoms with E-state index < -0.39 is 0 Å². The Balaban J connectivity index is 1.48. The molecular weight excluding hydrogens is 368 g/mol. The quantitative estimate of drug-likeness (QED) is 0.542. The number of aryl methyl sites for hydroxylation is 3. The van der Waals surface area contributed by atoms with Crippen molar-refractivity contribution in [1.29, 1.82) is 0 Å². The fraction of sp³-hybridized carbons (Fsp3) is 0.182. The topological polar surface area (TPSA) is 101 Å². The lowest BCUT2D eigenvalue weighted by atomic mass is 10.1. The average molecular weight is 388 g/mol. The van der Waals surface area contributed by atoms with Crippen LogP contribution in [0.5, 0.6) is 0 Å². The van der Waals surface area contributed by atoms with E-state index in [1.54, 1.807) is 6.07 Å². The molecule has 0 saturated heterocycles. The van der Waals surface area contributed by atoms with Gasteiger partial charge in [0.2, 0.25) is 17.6 Å². The highest BCUT2D eigenvalue weighted by molar-refractivity contribution is 5.91. The van der Waals surface area contributed by atoms with Crippen LogP contribution in [0.3, 0.4) is 0 Å². The summed E-state index contributed by atoms with van der Waals surface area (Å²) in [5.74, 6) is 0.380. The van der Waals surface area contributed by atoms with Crippen molar-refractivity contribution in [3.8, 4) is 11.4 Å². The van der Waals surface area contributed by atoms with Gasteiger partial charge in [-0.2, -0.15) is 4.98 Å². The number of carbonyl (C=O) groups excluding carboxylic acids is 1. The van der Waals surface area contributed by atoms with Crippen LogP contribution in [0.15, 0.2) is 57.8 Å². The SMILES string of the molecule is Cc1ccc2[nH]c(=O)c(-c3noc(CCC(=O)Nc4ccccc4C)n3)cc2c1. The summed E-state index contributed by atoms with van der Waals surface area (Å²) in [4.78, 5) is 31.7. The molecule has 2 heterocycles. The predicted octanol–water partition coefficient (Wildman–Crippen LogP) is 3.77. The van der Waals surface area contributed by atoms with Crippen LogP contribution < -0.4 is 10.9 Å². The number of para-hydroxylation sites is 1. The van der Waals surface area contributed by atoms with Crippen LogP contribution in [-0.2, 0) is 11.2 Å². The molecule has 29 heavy (non-hydrogen) atoms. The number of anilines is 1. The molecule has 7 heteroatoms. The zero-order valence-electron chi connectivity index (χ0n) is 16.2. The van der Waals surface area contributed by atoms with Crippen LogP contribution in [0.4, 0.5) is 5.69 Å². The first-order chi connectivity index (χ1) is 14.0. The third-order valence-electron chi connectivity index (χ3n) is 4.69. The second-order valence-corrected chi connectivity index (χ2v) is 6.98. The molecule has 2 aromatic carbocycles. The zero-order valence-corrected chi connectivity index (χ0v) is 16.2. The molecule has 1 amide bonds. The van der Waals surface area contributed by atoms with Crippen molar-refractivity contribution in [3.05, 3.63) is 75.9 Å². The summed E-state index contributed by atoms with van der Waals surface area (Å²) in [7, 11) is 0. The van der Waals surface area contributed by atoms with Gasteiger partial charge in [-0.25, -0.2) is 0 Å². The van der Waals surface area contributed by atoms with E-state index in [1.165, 1.54) is 0 Å². The maximum Gasteiger partial charge on any atom is 0.259 e. The highest BCUT2D eigenvalue weighted by Crippen LogP contribution is 2.19. The van der Waals surface area contributed by atoms with Crippen LogP contribution in [-0.4, -0.2) is 21.0 Å². The van der Waals surface area contributed by atoms with Crippen molar-refractivity contribution in [2.45, 2.75) is 26.7 Å². The molecule has 0 unspecified atom stereocenters. The van der Waals surface area contributed by atoms with E-state index in [-0.39, 0.29) is 30.1 Å². The maximum atomic E-state index is 12.4. The van der Waals surface area contributed by atoms with E-state index >= 15 is 0 Å². The molecule has 0 saturated carbocycles. The smallest absolute Gasteiger partial charge is 0.259 e. The average Bonchev–Trinajstić information content (AvgIpc) is 3.17. The standard InChI is InChI=1S/C22H20N4O3/c1-13-7-8-18-15(11-13)12-16(22(28)24-18)21-25-20(29-26-21)10-9-19(27)23-17-6-4-3-5-14(17)2/h3-8,11-12H,9-10H2,1-2H3,(H,23,27)(H,24,28). The van der Waals surface area contributed by atoms with Gasteiger partial charge in [-0.05, 0) is 49.1 Å². The molecule has 0 aliphatic carbocycles. The summed E-state index contributed by atoms with van der Waals surface area (Å²) >= 11 is 0. The Bertz CT molecular complexity index is 1260. The Morgan fingerprint density at radius 3 is 2.79 bits per heavy atom. The number of nitrogens with one attached hydrogen (secondary N) is 2. The number of hydrogen-bond donors (Lipinski definition) is 2. The zero-order chi connectivity index (χ0) is 20.4. The van der Waals surface area contributed by atoms with E-state index in [1.807, 2.05) is 56.3 Å². The Hall–Kier alpha value is -3.74. The minimum atomic E-state index is -0.286. The Kier molecular flexibility index (Phi) is 4.95. The molecule has 0 bridgehead atoms. The van der Waals surface area contributed by atoms with E-state index in [0.29, 0.717) is 11.5 Å². The summed E-state index contributed by atoms with van der Waals surface area (Å²) in [6, 6.07) is 15.1. The molecule has 0 fully saturated rings. The molecule has 2 aromatic heterocycles. The summed E-state index contributed by atoms with van der Waals surface area (Å²) in [6.07, 6.45) is 0.485. The van der Waals surface area contributed by atoms with Crippen LogP contribution >= 0.6 is 0 Å². The van der Waals surface area contributed by atoms with Crippen molar-refractivity contribution in [1.82, 2.24) is 15.1 Å². The molecule has 0 radical (unpaired) electrons. The number of rotatable bonds is 5. The molecular formula is C22H20N4O3. The van der Waals surface area contributed by atoms with Gasteiger partial charge in [0.25, 0.3) is 5.56 Å². The summed E-state index contributed by atoms with van der Waals surface area (Å²) in [5, 5.41) is 7.68. The van der Waals surface area contributed by atoms with Crippen LogP contribution in [0.25, 0.3) is 22.3 Å². The first-order valence-electron chi connectivity index (χ1n) is 9.32. The summed E-state index contributed by atoms with van der Waals surface area (Å²) in [5.41, 5.74) is 3.66. The van der Waals surface area contributed by atoms with Gasteiger partial charge in [-0.15, -0.1) is 0 Å². The predicted molar refractivity (Wildman–Crippen MR) is 111 cm³/mol. The third kappa shape index (κ3) is 4.08. The summed E-state index contributed by atoms with van der Waals surface area (Å²) in [6.45, 7) is 3.92. The van der Waals surface area contributed by atoms with Crippen molar-refractivity contribution in [2.24, 2.45) is 0 Å². The number of aromatic nitrogens is 3. The first-order valence-corrected chi connectivity index (χ1v) is 9.32. The van der Waals surface area contributed by atoms with E-state index in [4.69, 9.17) is 4.52 Å². The highest BCUT2D eigenvalue weighted by atomic mass is 16.5. The normalized spacial score (nSPS) is 11.0. The second kappa shape index (κ2) is 7.71. The van der Waals surface area contributed by atoms with E-state index in [9.17, 15) is 9.59 Å². The van der Waals surface area contributed by atoms with Crippen molar-refractivity contribution >= 4 is 22.5 Å². The molecule has 7 nitrogen and oxygen atoms in total. The van der Waals surface area contributed by atoms with Crippen LogP contribution in [0.1, 0.15) is 23.4 Å². The number of amides is 1. The Morgan fingerprint density at radius 2 is 1.97 bits per heavy atom. The number of aromatic amines is 1. The van der Waals surface area contributed by atoms with Gasteiger partial charge in [0, 0.05) is 24.0 Å². The van der Waals surface area contributed by atoms with Gasteiger partial charge in [0.15, 0.2) is 0 Å². The Morgan fingerprint density at radius 1 is 1.14 bits per heavy atom. The minimum absolute atomic E-state index is 0.141. The molecule has 146 valence electrons. The minimum Gasteiger partial charge on any atom is -0.339 e. The van der Waals surface area contributed by atoms with Gasteiger partial charge in [0.05, 0.1) is 5.56 Å². The van der Waals surface area contributed by atoms with Gasteiger partial charge in [-0.1, -0.05) is 35.0 Å². The number of nitrogens with zero attached hydrogens (tertiary/aromatic N) is 2.